The molecule has 0 aliphatic heterocycles. The largest absolute Gasteiger partial charge is 0.184 e. The van der Waals surface area contributed by atoms with Gasteiger partial charge in [0.05, 0.1) is 0 Å². The molecule has 3 nitrogen and oxygen atoms in total. The van der Waals surface area contributed by atoms with Crippen molar-refractivity contribution in [1.29, 1.82) is 0 Å². The number of aryl methyl sites for hydroxylation is 1. The van der Waals surface area contributed by atoms with E-state index in [2.05, 4.69) is 88.7 Å². The van der Waals surface area contributed by atoms with Gasteiger partial charge in [-0.1, -0.05) is 23.7 Å². The van der Waals surface area contributed by atoms with Gasteiger partial charge in [0, 0.05) is 57.3 Å². The smallest absolute Gasteiger partial charge is 0.0435 e. The van der Waals surface area contributed by atoms with E-state index in [1.807, 2.05) is 24.3 Å². The molecule has 0 spiro atoms. The van der Waals surface area contributed by atoms with E-state index < -0.39 is 0 Å². The molecule has 0 N–H and O–H groups in total. The van der Waals surface area contributed by atoms with E-state index in [4.69, 9.17) is 11.6 Å². The van der Waals surface area contributed by atoms with Crippen molar-refractivity contribution in [2.75, 3.05) is 0 Å². The first kappa shape index (κ1) is 19.6. The predicted molar refractivity (Wildman–Crippen MR) is 112 cm³/mol. The summed E-state index contributed by atoms with van der Waals surface area (Å²) in [5.41, 5.74) is 2.72. The number of nitrogens with zero attached hydrogens (tertiary/aromatic N) is 3. The van der Waals surface area contributed by atoms with Crippen molar-refractivity contribution in [3.05, 3.63) is 50.5 Å². The quantitative estimate of drug-likeness (QED) is 0.269. The molecule has 0 bridgehead atoms. The van der Waals surface area contributed by atoms with Crippen LogP contribution in [0, 0.1) is 10.7 Å². The Morgan fingerprint density at radius 3 is 2.21 bits per heavy atom. The third kappa shape index (κ3) is 5.41. The van der Waals surface area contributed by atoms with Crippen LogP contribution in [0.15, 0.2) is 30.5 Å². The average molecular weight is 751 g/mol. The molecule has 1 aromatic carbocycles. The van der Waals surface area contributed by atoms with Gasteiger partial charge >= 0.3 is 88.9 Å². The average Bonchev–Trinajstić information content (AvgIpc) is 3.42. The molecule has 2 fully saturated rings. The van der Waals surface area contributed by atoms with E-state index >= 15 is 0 Å². The summed E-state index contributed by atoms with van der Waals surface area (Å²) in [7, 11) is 0. The zero-order chi connectivity index (χ0) is 17.3. The summed E-state index contributed by atoms with van der Waals surface area (Å²) >= 11 is 12.7. The maximum Gasteiger partial charge on any atom is 0.0435 e. The molecule has 0 atom stereocenters. The van der Waals surface area contributed by atoms with Crippen LogP contribution in [0.5, 0.6) is 0 Å². The van der Waals surface area contributed by atoms with Crippen molar-refractivity contribution in [2.45, 2.75) is 51.2 Å². The maximum atomic E-state index is 5.73. The van der Waals surface area contributed by atoms with Gasteiger partial charge < -0.3 is 0 Å². The summed E-state index contributed by atoms with van der Waals surface area (Å²) in [5.74, 6) is 0. The summed E-state index contributed by atoms with van der Waals surface area (Å²) in [6.07, 6.45) is 7.87. The van der Waals surface area contributed by atoms with Gasteiger partial charge in [-0.15, -0.1) is 0 Å². The first-order valence-electron chi connectivity index (χ1n) is 8.04. The molecule has 0 radical (unpaired) electrons. The fourth-order valence-electron chi connectivity index (χ4n) is 2.66. The fourth-order valence-corrected chi connectivity index (χ4v) is 4.95. The summed E-state index contributed by atoms with van der Waals surface area (Å²) < 4.78 is 8.50. The summed E-state index contributed by atoms with van der Waals surface area (Å²) in [5, 5.41) is 0.794. The molecule has 2 aliphatic carbocycles. The van der Waals surface area contributed by atoms with Crippen LogP contribution in [0.4, 0.5) is 0 Å². The Kier molecular flexibility index (Phi) is 7.08. The van der Waals surface area contributed by atoms with Crippen LogP contribution in [0.1, 0.15) is 49.0 Å². The van der Waals surface area contributed by atoms with Gasteiger partial charge in [-0.2, -0.15) is 1.33 Å². The topological polar surface area (TPSA) is 13.1 Å². The summed E-state index contributed by atoms with van der Waals surface area (Å²) in [6, 6.07) is 9.54. The number of imidazole rings is 1. The van der Waals surface area contributed by atoms with Crippen LogP contribution in [-0.2, 0) is 25.9 Å². The van der Waals surface area contributed by atoms with Crippen molar-refractivity contribution in [1.82, 2.24) is 10.5 Å². The molecule has 0 unspecified atom stereocenters. The molecular formula is C17H20ClI2N3Pt. The Labute approximate surface area is 187 Å². The second kappa shape index (κ2) is 8.68. The number of benzene rings is 1. The minimum atomic E-state index is 0.794. The van der Waals surface area contributed by atoms with Crippen molar-refractivity contribution >= 4 is 57.3 Å². The van der Waals surface area contributed by atoms with Gasteiger partial charge in [-0.25, -0.2) is 0 Å². The van der Waals surface area contributed by atoms with E-state index in [-0.39, 0.29) is 0 Å². The molecule has 24 heavy (non-hydrogen) atoms. The Bertz CT molecular complexity index is 746. The molecule has 7 heteroatoms. The van der Waals surface area contributed by atoms with Gasteiger partial charge in [-0.3, -0.25) is 0 Å². The number of halogens is 3. The molecule has 0 saturated heterocycles. The third-order valence-electron chi connectivity index (χ3n) is 4.15. The zero-order valence-corrected chi connectivity index (χ0v) is 20.7. The monoisotopic (exact) mass is 750 g/mol. The Morgan fingerprint density at radius 1 is 1.12 bits per heavy atom. The van der Waals surface area contributed by atoms with Gasteiger partial charge in [0.1, 0.15) is 0 Å². The van der Waals surface area contributed by atoms with Gasteiger partial charge in [0.25, 0.3) is 0 Å². The molecular weight excluding hydrogens is 731 g/mol. The molecule has 4 rings (SSSR count). The Balaban J connectivity index is 0.000000144. The Hall–Kier alpha value is 0.828. The molecule has 134 valence electrons. The number of hydrogen-bond acceptors (Lipinski definition) is 1. The minimum absolute atomic E-state index is 0.794. The van der Waals surface area contributed by atoms with Crippen molar-refractivity contribution in [3.8, 4) is 0 Å². The van der Waals surface area contributed by atoms with Crippen LogP contribution in [0.2, 0.25) is 5.02 Å². The summed E-state index contributed by atoms with van der Waals surface area (Å²) in [4.78, 5) is 0. The first-order valence-corrected chi connectivity index (χ1v) is 11.5. The van der Waals surface area contributed by atoms with E-state index in [0.717, 1.165) is 23.7 Å². The normalized spacial score (nSPS) is 17.0. The van der Waals surface area contributed by atoms with Crippen LogP contribution in [0.3, 0.4) is 0 Å². The second-order valence-electron chi connectivity index (χ2n) is 6.34. The fraction of sp³-hybridized carbons (Fsp3) is 0.471. The molecule has 1 heterocycles. The first-order chi connectivity index (χ1) is 11.5. The van der Waals surface area contributed by atoms with Gasteiger partial charge in [0.2, 0.25) is 0 Å². The van der Waals surface area contributed by atoms with E-state index in [0.29, 0.717) is 0 Å². The molecule has 2 saturated carbocycles. The third-order valence-corrected chi connectivity index (χ3v) is 6.22. The van der Waals surface area contributed by atoms with Crippen LogP contribution in [-0.4, -0.2) is 10.5 Å². The van der Waals surface area contributed by atoms with Crippen molar-refractivity contribution in [2.24, 2.45) is 0 Å². The molecule has 0 amide bonds. The number of aromatic nitrogens is 2. The maximum absolute atomic E-state index is 5.73. The SMILES string of the molecule is Cc1cn(C2CC2)[c](=[Pt])n1C1CC1.Clc1ccc(CN(I)I)cc1. The number of hydrogen-bond donors (Lipinski definition) is 0. The van der Waals surface area contributed by atoms with E-state index in [1.165, 1.54) is 40.7 Å². The predicted octanol–water partition coefficient (Wildman–Crippen LogP) is 6.19. The molecule has 2 aliphatic rings. The molecule has 1 aromatic heterocycles. The Morgan fingerprint density at radius 2 is 1.71 bits per heavy atom. The summed E-state index contributed by atoms with van der Waals surface area (Å²) in [6.45, 7) is 3.18. The molecule has 2 aromatic rings. The zero-order valence-electron chi connectivity index (χ0n) is 13.4. The van der Waals surface area contributed by atoms with Crippen molar-refractivity contribution < 1.29 is 19.4 Å². The van der Waals surface area contributed by atoms with Crippen molar-refractivity contribution in [3.63, 3.8) is 0 Å². The van der Waals surface area contributed by atoms with E-state index in [1.54, 1.807) is 0 Å². The standard InChI is InChI=1S/C10H14N2.C7H6ClI2N.Pt/c1-8-6-11(9-2-3-9)7-12(8)10-4-5-10;8-7-3-1-6(2-4-7)5-11(9)10;/h6,9-10H,2-5H2,1H3;1-4H,5H2;. The van der Waals surface area contributed by atoms with Gasteiger partial charge in [0.15, 0.2) is 0 Å². The van der Waals surface area contributed by atoms with Crippen LogP contribution >= 0.6 is 57.3 Å². The van der Waals surface area contributed by atoms with Gasteiger partial charge in [-0.05, 0) is 17.7 Å². The minimum Gasteiger partial charge on any atom is -0.184 e. The van der Waals surface area contributed by atoms with Crippen LogP contribution < -0.4 is 0 Å². The van der Waals surface area contributed by atoms with Crippen LogP contribution in [0.25, 0.3) is 0 Å². The van der Waals surface area contributed by atoms with E-state index in [9.17, 15) is 0 Å². The number of rotatable bonds is 4. The second-order valence-corrected chi connectivity index (χ2v) is 12.0.